The molecular formula is C6H12N4O2. The fourth-order valence-corrected chi connectivity index (χ4v) is 0.488. The number of carbonyl (C=O) groups excluding carboxylic acids is 2. The Bertz CT molecular complexity index is 224. The predicted molar refractivity (Wildman–Crippen MR) is 43.3 cm³/mol. The molecule has 68 valence electrons. The maximum atomic E-state index is 11.1. The van der Waals surface area contributed by atoms with Crippen molar-refractivity contribution in [2.45, 2.75) is 0 Å². The van der Waals surface area contributed by atoms with Crippen molar-refractivity contribution in [1.29, 1.82) is 0 Å². The Morgan fingerprint density at radius 3 is 2.33 bits per heavy atom. The standard InChI is InChI=1S/C6H12N4O2/c1-9-5(8)4(7)6(12)10(2)3-11/h3,9H,7-8H2,1-2H3/b5-4+. The van der Waals surface area contributed by atoms with E-state index in [0.29, 0.717) is 6.41 Å². The zero-order valence-corrected chi connectivity index (χ0v) is 7.00. The number of amides is 2. The van der Waals surface area contributed by atoms with Crippen LogP contribution in [0, 0.1) is 0 Å². The second kappa shape index (κ2) is 4.22. The molecule has 0 unspecified atom stereocenters. The van der Waals surface area contributed by atoms with Crippen molar-refractivity contribution in [3.8, 4) is 0 Å². The number of nitrogens with one attached hydrogen (secondary N) is 1. The lowest BCUT2D eigenvalue weighted by Crippen LogP contribution is -2.34. The second-order valence-corrected chi connectivity index (χ2v) is 2.10. The minimum Gasteiger partial charge on any atom is -0.391 e. The highest BCUT2D eigenvalue weighted by Gasteiger charge is 2.13. The molecule has 0 saturated carbocycles. The third kappa shape index (κ3) is 2.15. The zero-order chi connectivity index (χ0) is 9.72. The first kappa shape index (κ1) is 10.3. The fraction of sp³-hybridized carbons (Fsp3) is 0.333. The molecule has 0 atom stereocenters. The van der Waals surface area contributed by atoms with Gasteiger partial charge in [0.05, 0.1) is 0 Å². The topological polar surface area (TPSA) is 101 Å². The Kier molecular flexibility index (Phi) is 3.61. The van der Waals surface area contributed by atoms with Crippen LogP contribution in [0.15, 0.2) is 11.5 Å². The van der Waals surface area contributed by atoms with Crippen molar-refractivity contribution in [3.05, 3.63) is 11.5 Å². The highest BCUT2D eigenvalue weighted by molar-refractivity contribution is 5.98. The predicted octanol–water partition coefficient (Wildman–Crippen LogP) is -2.09. The third-order valence-corrected chi connectivity index (χ3v) is 1.27. The number of rotatable bonds is 3. The fourth-order valence-electron chi connectivity index (χ4n) is 0.488. The van der Waals surface area contributed by atoms with Gasteiger partial charge in [0.15, 0.2) is 0 Å². The summed E-state index contributed by atoms with van der Waals surface area (Å²) in [5, 5.41) is 2.49. The van der Waals surface area contributed by atoms with E-state index in [-0.39, 0.29) is 11.5 Å². The summed E-state index contributed by atoms with van der Waals surface area (Å²) in [4.78, 5) is 22.0. The summed E-state index contributed by atoms with van der Waals surface area (Å²) in [6, 6.07) is 0. The van der Waals surface area contributed by atoms with Gasteiger partial charge in [-0.1, -0.05) is 0 Å². The van der Waals surface area contributed by atoms with Gasteiger partial charge in [0, 0.05) is 14.1 Å². The SMILES string of the molecule is CN/C(N)=C(/N)C(=O)N(C)C=O. The first-order valence-corrected chi connectivity index (χ1v) is 3.20. The van der Waals surface area contributed by atoms with Crippen LogP contribution in [0.4, 0.5) is 0 Å². The van der Waals surface area contributed by atoms with Crippen LogP contribution in [0.5, 0.6) is 0 Å². The summed E-state index contributed by atoms with van der Waals surface area (Å²) in [6.45, 7) is 0. The van der Waals surface area contributed by atoms with E-state index in [9.17, 15) is 9.59 Å². The minimum absolute atomic E-state index is 0.0497. The number of hydrogen-bond acceptors (Lipinski definition) is 5. The average Bonchev–Trinajstić information content (AvgIpc) is 2.12. The Hall–Kier alpha value is -1.72. The van der Waals surface area contributed by atoms with Crippen molar-refractivity contribution in [2.75, 3.05) is 14.1 Å². The average molecular weight is 172 g/mol. The number of imide groups is 1. The van der Waals surface area contributed by atoms with Gasteiger partial charge < -0.3 is 16.8 Å². The van der Waals surface area contributed by atoms with Gasteiger partial charge in [0.25, 0.3) is 5.91 Å². The molecule has 2 amide bonds. The molecule has 0 aromatic rings. The molecule has 12 heavy (non-hydrogen) atoms. The van der Waals surface area contributed by atoms with Crippen LogP contribution < -0.4 is 16.8 Å². The van der Waals surface area contributed by atoms with Gasteiger partial charge in [-0.15, -0.1) is 0 Å². The molecule has 0 heterocycles. The third-order valence-electron chi connectivity index (χ3n) is 1.27. The molecule has 0 aliphatic rings. The van der Waals surface area contributed by atoms with E-state index >= 15 is 0 Å². The van der Waals surface area contributed by atoms with Crippen LogP contribution in [0.2, 0.25) is 0 Å². The van der Waals surface area contributed by atoms with Crippen molar-refractivity contribution in [1.82, 2.24) is 10.2 Å². The molecule has 6 heteroatoms. The van der Waals surface area contributed by atoms with Crippen LogP contribution in [-0.4, -0.2) is 31.3 Å². The molecule has 6 nitrogen and oxygen atoms in total. The summed E-state index contributed by atoms with van der Waals surface area (Å²) < 4.78 is 0. The number of carbonyl (C=O) groups is 2. The monoisotopic (exact) mass is 172 g/mol. The molecule has 0 spiro atoms. The number of nitrogens with two attached hydrogens (primary N) is 2. The van der Waals surface area contributed by atoms with Gasteiger partial charge in [-0.05, 0) is 0 Å². The van der Waals surface area contributed by atoms with Gasteiger partial charge in [-0.2, -0.15) is 0 Å². The van der Waals surface area contributed by atoms with Crippen molar-refractivity contribution in [3.63, 3.8) is 0 Å². The summed E-state index contributed by atoms with van der Waals surface area (Å²) in [7, 11) is 2.82. The van der Waals surface area contributed by atoms with Crippen LogP contribution in [0.3, 0.4) is 0 Å². The Labute approximate surface area is 70.2 Å². The molecular weight excluding hydrogens is 160 g/mol. The first-order chi connectivity index (χ1) is 5.54. The van der Waals surface area contributed by atoms with Gasteiger partial charge in [-0.3, -0.25) is 14.5 Å². The molecule has 5 N–H and O–H groups in total. The number of nitrogens with zero attached hydrogens (tertiary/aromatic N) is 1. The van der Waals surface area contributed by atoms with Gasteiger partial charge in [0.2, 0.25) is 6.41 Å². The second-order valence-electron chi connectivity index (χ2n) is 2.10. The highest BCUT2D eigenvalue weighted by Crippen LogP contribution is 1.91. The lowest BCUT2D eigenvalue weighted by atomic mass is 10.4. The molecule has 0 saturated heterocycles. The summed E-state index contributed by atoms with van der Waals surface area (Å²) in [6.07, 6.45) is 0.359. The molecule has 0 radical (unpaired) electrons. The Morgan fingerprint density at radius 1 is 1.50 bits per heavy atom. The van der Waals surface area contributed by atoms with E-state index in [1.54, 1.807) is 0 Å². The molecule has 0 fully saturated rings. The van der Waals surface area contributed by atoms with E-state index in [0.717, 1.165) is 4.90 Å². The first-order valence-electron chi connectivity index (χ1n) is 3.20. The Balaban J connectivity index is 4.59. The number of likely N-dealkylation sites (N-methyl/N-ethyl adjacent to an activating group) is 1. The van der Waals surface area contributed by atoms with Crippen LogP contribution in [-0.2, 0) is 9.59 Å². The molecule has 0 bridgehead atoms. The van der Waals surface area contributed by atoms with Crippen molar-refractivity contribution in [2.24, 2.45) is 11.5 Å². The van der Waals surface area contributed by atoms with Gasteiger partial charge in [0.1, 0.15) is 11.5 Å². The largest absolute Gasteiger partial charge is 0.391 e. The van der Waals surface area contributed by atoms with E-state index < -0.39 is 5.91 Å². The van der Waals surface area contributed by atoms with E-state index in [2.05, 4.69) is 5.32 Å². The minimum atomic E-state index is -0.628. The van der Waals surface area contributed by atoms with E-state index in [4.69, 9.17) is 11.5 Å². The van der Waals surface area contributed by atoms with Crippen molar-refractivity contribution < 1.29 is 9.59 Å². The smallest absolute Gasteiger partial charge is 0.279 e. The zero-order valence-electron chi connectivity index (χ0n) is 7.00. The normalized spacial score (nSPS) is 11.5. The van der Waals surface area contributed by atoms with Crippen LogP contribution in [0.25, 0.3) is 0 Å². The molecule has 0 rings (SSSR count). The molecule has 0 aliphatic heterocycles. The van der Waals surface area contributed by atoms with Gasteiger partial charge in [-0.25, -0.2) is 0 Å². The summed E-state index contributed by atoms with van der Waals surface area (Å²) >= 11 is 0. The highest BCUT2D eigenvalue weighted by atomic mass is 16.2. The Morgan fingerprint density at radius 2 is 2.00 bits per heavy atom. The van der Waals surface area contributed by atoms with Crippen molar-refractivity contribution >= 4 is 12.3 Å². The van der Waals surface area contributed by atoms with Gasteiger partial charge >= 0.3 is 0 Å². The maximum absolute atomic E-state index is 11.1. The molecule has 0 aliphatic carbocycles. The summed E-state index contributed by atoms with van der Waals surface area (Å²) in [5.41, 5.74) is 10.4. The quantitative estimate of drug-likeness (QED) is 0.334. The van der Waals surface area contributed by atoms with Crippen LogP contribution >= 0.6 is 0 Å². The summed E-state index contributed by atoms with van der Waals surface area (Å²) in [5.74, 6) is -0.578. The van der Waals surface area contributed by atoms with Crippen LogP contribution in [0.1, 0.15) is 0 Å². The molecule has 0 aromatic carbocycles. The van der Waals surface area contributed by atoms with E-state index in [1.165, 1.54) is 14.1 Å². The van der Waals surface area contributed by atoms with E-state index in [1.807, 2.05) is 0 Å². The lowest BCUT2D eigenvalue weighted by molar-refractivity contribution is -0.133. The lowest BCUT2D eigenvalue weighted by Gasteiger charge is -2.10. The number of hydrogen-bond donors (Lipinski definition) is 3. The molecule has 0 aromatic heterocycles. The maximum Gasteiger partial charge on any atom is 0.279 e.